The molecule has 2 N–H and O–H groups in total. The van der Waals surface area contributed by atoms with Gasteiger partial charge >= 0.3 is 0 Å². The summed E-state index contributed by atoms with van der Waals surface area (Å²) in [5.74, 6) is 0.480. The molecule has 7 heteroatoms. The number of rotatable bonds is 6. The molecule has 1 unspecified atom stereocenters. The summed E-state index contributed by atoms with van der Waals surface area (Å²) in [4.78, 5) is 9.24. The molecule has 2 aromatic carbocycles. The molecule has 0 saturated carbocycles. The van der Waals surface area contributed by atoms with Gasteiger partial charge in [0.1, 0.15) is 5.82 Å². The monoisotopic (exact) mass is 526 g/mol. The fourth-order valence-corrected chi connectivity index (χ4v) is 4.00. The molecule has 3 rings (SSSR count). The van der Waals surface area contributed by atoms with Gasteiger partial charge in [-0.3, -0.25) is 9.89 Å². The van der Waals surface area contributed by atoms with E-state index < -0.39 is 0 Å². The van der Waals surface area contributed by atoms with Crippen molar-refractivity contribution in [1.82, 2.24) is 15.1 Å². The van der Waals surface area contributed by atoms with Crippen LogP contribution in [0.5, 0.6) is 0 Å². The summed E-state index contributed by atoms with van der Waals surface area (Å²) in [6, 6.07) is 16.0. The first-order chi connectivity index (χ1) is 14.2. The molecule has 0 radical (unpaired) electrons. The second kappa shape index (κ2) is 12.2. The molecule has 0 bridgehead atoms. The predicted octanol–water partition coefficient (Wildman–Crippen LogP) is 3.78. The summed E-state index contributed by atoms with van der Waals surface area (Å²) in [7, 11) is 1.79. The number of aliphatic imine (C=N–C) groups is 1. The highest BCUT2D eigenvalue weighted by molar-refractivity contribution is 14.0. The largest absolute Gasteiger partial charge is 0.392 e. The standard InChI is InChI=1S/C23H31FN4O.HI/c1-3-22(19-7-5-4-6-8-19)27-11-13-28(14-12-27)23(25-2)26-16-18-9-10-21(24)20(15-18)17-29;/h4-10,15,22,29H,3,11-14,16-17H2,1-2H3,(H,25,26);1H. The number of halogens is 2. The van der Waals surface area contributed by atoms with Gasteiger partial charge in [-0.2, -0.15) is 0 Å². The zero-order chi connectivity index (χ0) is 20.6. The molecule has 0 spiro atoms. The summed E-state index contributed by atoms with van der Waals surface area (Å²) >= 11 is 0. The van der Waals surface area contributed by atoms with Crippen molar-refractivity contribution in [2.75, 3.05) is 33.2 Å². The Hall–Kier alpha value is -1.71. The number of aliphatic hydroxyl groups is 1. The smallest absolute Gasteiger partial charge is 0.194 e. The van der Waals surface area contributed by atoms with Crippen LogP contribution < -0.4 is 5.32 Å². The van der Waals surface area contributed by atoms with Gasteiger partial charge in [0.2, 0.25) is 0 Å². The molecule has 0 amide bonds. The second-order valence-electron chi connectivity index (χ2n) is 7.34. The number of hydrogen-bond acceptors (Lipinski definition) is 3. The van der Waals surface area contributed by atoms with Crippen LogP contribution in [0, 0.1) is 5.82 Å². The molecule has 0 aliphatic carbocycles. The van der Waals surface area contributed by atoms with Crippen LogP contribution in [0.4, 0.5) is 4.39 Å². The SMILES string of the molecule is CCC(c1ccccc1)N1CCN(C(=NC)NCc2ccc(F)c(CO)c2)CC1.I. The number of hydrogen-bond donors (Lipinski definition) is 2. The molecule has 1 aliphatic heterocycles. The van der Waals surface area contributed by atoms with Crippen LogP contribution in [0.1, 0.15) is 36.1 Å². The molecule has 1 aliphatic rings. The van der Waals surface area contributed by atoms with Crippen molar-refractivity contribution in [3.63, 3.8) is 0 Å². The van der Waals surface area contributed by atoms with Crippen LogP contribution in [0.25, 0.3) is 0 Å². The van der Waals surface area contributed by atoms with Crippen molar-refractivity contribution in [3.05, 3.63) is 71.0 Å². The predicted molar refractivity (Wildman–Crippen MR) is 131 cm³/mol. The molecular formula is C23H32FIN4O. The summed E-state index contributed by atoms with van der Waals surface area (Å²) in [6.45, 7) is 6.28. The van der Waals surface area contributed by atoms with E-state index in [9.17, 15) is 9.50 Å². The first kappa shape index (κ1) is 24.6. The van der Waals surface area contributed by atoms with Crippen LogP contribution in [0.15, 0.2) is 53.5 Å². The number of nitrogens with zero attached hydrogens (tertiary/aromatic N) is 3. The lowest BCUT2D eigenvalue weighted by atomic mass is 10.0. The molecule has 1 saturated heterocycles. The van der Waals surface area contributed by atoms with E-state index in [-0.39, 0.29) is 36.4 Å². The fourth-order valence-electron chi connectivity index (χ4n) is 4.00. The van der Waals surface area contributed by atoms with E-state index in [4.69, 9.17) is 0 Å². The van der Waals surface area contributed by atoms with Gasteiger partial charge < -0.3 is 15.3 Å². The first-order valence-corrected chi connectivity index (χ1v) is 10.3. The normalized spacial score (nSPS) is 16.1. The van der Waals surface area contributed by atoms with Crippen LogP contribution in [-0.2, 0) is 13.2 Å². The Bertz CT molecular complexity index is 810. The Kier molecular flexibility index (Phi) is 10.0. The highest BCUT2D eigenvalue weighted by atomic mass is 127. The molecular weight excluding hydrogens is 494 g/mol. The minimum Gasteiger partial charge on any atom is -0.392 e. The Balaban J connectivity index is 0.00000320. The van der Waals surface area contributed by atoms with Gasteiger partial charge in [-0.15, -0.1) is 24.0 Å². The van der Waals surface area contributed by atoms with Crippen molar-refractivity contribution in [3.8, 4) is 0 Å². The summed E-state index contributed by atoms with van der Waals surface area (Å²) < 4.78 is 13.6. The van der Waals surface area contributed by atoms with Gasteiger partial charge in [-0.1, -0.05) is 43.3 Å². The topological polar surface area (TPSA) is 51.1 Å². The fraction of sp³-hybridized carbons (Fsp3) is 0.435. The third-order valence-corrected chi connectivity index (χ3v) is 5.57. The van der Waals surface area contributed by atoms with Gasteiger partial charge in [0.15, 0.2) is 5.96 Å². The maximum atomic E-state index is 13.6. The maximum absolute atomic E-state index is 13.6. The summed E-state index contributed by atoms with van der Waals surface area (Å²) in [5, 5.41) is 12.6. The van der Waals surface area contributed by atoms with Crippen LogP contribution >= 0.6 is 24.0 Å². The third kappa shape index (κ3) is 6.15. The average molecular weight is 526 g/mol. The average Bonchev–Trinajstić information content (AvgIpc) is 2.77. The van der Waals surface area contributed by atoms with Gasteiger partial charge in [-0.05, 0) is 29.7 Å². The third-order valence-electron chi connectivity index (χ3n) is 5.57. The Morgan fingerprint density at radius 2 is 1.83 bits per heavy atom. The van der Waals surface area contributed by atoms with Gasteiger partial charge in [0.05, 0.1) is 6.61 Å². The number of benzene rings is 2. The van der Waals surface area contributed by atoms with E-state index in [1.807, 2.05) is 0 Å². The van der Waals surface area contributed by atoms with Crippen molar-refractivity contribution in [2.45, 2.75) is 32.5 Å². The van der Waals surface area contributed by atoms with E-state index in [0.717, 1.165) is 44.1 Å². The first-order valence-electron chi connectivity index (χ1n) is 10.3. The van der Waals surface area contributed by atoms with Crippen molar-refractivity contribution in [1.29, 1.82) is 0 Å². The number of aliphatic hydroxyl groups excluding tert-OH is 1. The van der Waals surface area contributed by atoms with E-state index in [2.05, 4.69) is 57.4 Å². The maximum Gasteiger partial charge on any atom is 0.194 e. The highest BCUT2D eigenvalue weighted by Crippen LogP contribution is 2.25. The molecule has 0 aromatic heterocycles. The molecule has 2 aromatic rings. The Labute approximate surface area is 196 Å². The molecule has 164 valence electrons. The van der Waals surface area contributed by atoms with Crippen LogP contribution in [-0.4, -0.2) is 54.1 Å². The number of nitrogens with one attached hydrogen (secondary N) is 1. The van der Waals surface area contributed by atoms with E-state index in [0.29, 0.717) is 18.2 Å². The second-order valence-corrected chi connectivity index (χ2v) is 7.34. The summed E-state index contributed by atoms with van der Waals surface area (Å²) in [6.07, 6.45) is 1.09. The minimum absolute atomic E-state index is 0. The van der Waals surface area contributed by atoms with E-state index in [1.54, 1.807) is 19.2 Å². The van der Waals surface area contributed by atoms with Gasteiger partial charge in [0, 0.05) is 51.4 Å². The molecule has 1 heterocycles. The van der Waals surface area contributed by atoms with Crippen molar-refractivity contribution >= 4 is 29.9 Å². The Morgan fingerprint density at radius 1 is 1.13 bits per heavy atom. The quantitative estimate of drug-likeness (QED) is 0.342. The number of piperazine rings is 1. The van der Waals surface area contributed by atoms with Crippen molar-refractivity contribution in [2.24, 2.45) is 4.99 Å². The molecule has 30 heavy (non-hydrogen) atoms. The molecule has 5 nitrogen and oxygen atoms in total. The minimum atomic E-state index is -0.374. The molecule has 1 fully saturated rings. The van der Waals surface area contributed by atoms with Crippen molar-refractivity contribution < 1.29 is 9.50 Å². The van der Waals surface area contributed by atoms with E-state index >= 15 is 0 Å². The lowest BCUT2D eigenvalue weighted by Gasteiger charge is -2.40. The zero-order valence-corrected chi connectivity index (χ0v) is 20.1. The van der Waals surface area contributed by atoms with Crippen LogP contribution in [0.3, 0.4) is 0 Å². The highest BCUT2D eigenvalue weighted by Gasteiger charge is 2.25. The van der Waals surface area contributed by atoms with E-state index in [1.165, 1.54) is 11.6 Å². The Morgan fingerprint density at radius 3 is 2.43 bits per heavy atom. The number of guanidine groups is 1. The van der Waals surface area contributed by atoms with Gasteiger partial charge in [-0.25, -0.2) is 4.39 Å². The lowest BCUT2D eigenvalue weighted by Crippen LogP contribution is -2.52. The van der Waals surface area contributed by atoms with Crippen LogP contribution in [0.2, 0.25) is 0 Å². The summed E-state index contributed by atoms with van der Waals surface area (Å²) in [5.41, 5.74) is 2.62. The molecule has 1 atom stereocenters. The lowest BCUT2D eigenvalue weighted by molar-refractivity contribution is 0.127. The zero-order valence-electron chi connectivity index (χ0n) is 17.7. The van der Waals surface area contributed by atoms with Gasteiger partial charge in [0.25, 0.3) is 0 Å².